The normalized spacial score (nSPS) is 23.6. The molecule has 25 heavy (non-hydrogen) atoms. The molecule has 7 heteroatoms. The van der Waals surface area contributed by atoms with Crippen LogP contribution in [0.3, 0.4) is 0 Å². The zero-order valence-electron chi connectivity index (χ0n) is 14.2. The third kappa shape index (κ3) is 4.21. The molecule has 0 bridgehead atoms. The van der Waals surface area contributed by atoms with Crippen molar-refractivity contribution in [2.24, 2.45) is 11.8 Å². The number of aliphatic carboxylic acids is 1. The Hall–Kier alpha value is -2.31. The fourth-order valence-electron chi connectivity index (χ4n) is 3.63. The summed E-state index contributed by atoms with van der Waals surface area (Å²) in [6.07, 6.45) is 2.24. The van der Waals surface area contributed by atoms with Gasteiger partial charge in [-0.2, -0.15) is 0 Å². The summed E-state index contributed by atoms with van der Waals surface area (Å²) in [6.45, 7) is 2.87. The molecule has 6 nitrogen and oxygen atoms in total. The van der Waals surface area contributed by atoms with E-state index in [1.807, 2.05) is 11.0 Å². The Kier molecular flexibility index (Phi) is 5.40. The lowest BCUT2D eigenvalue weighted by atomic mass is 9.99. The van der Waals surface area contributed by atoms with Gasteiger partial charge in [0.2, 0.25) is 0 Å². The first-order chi connectivity index (χ1) is 12.0. The van der Waals surface area contributed by atoms with Crippen LogP contribution in [0.25, 0.3) is 0 Å². The summed E-state index contributed by atoms with van der Waals surface area (Å²) in [7, 11) is 0. The van der Waals surface area contributed by atoms with E-state index in [0.717, 1.165) is 19.4 Å². The van der Waals surface area contributed by atoms with E-state index in [1.54, 1.807) is 17.0 Å². The van der Waals surface area contributed by atoms with Gasteiger partial charge in [-0.1, -0.05) is 12.1 Å². The molecule has 1 aromatic carbocycles. The Balaban J connectivity index is 1.47. The van der Waals surface area contributed by atoms with Crippen molar-refractivity contribution in [1.29, 1.82) is 0 Å². The monoisotopic (exact) mass is 349 g/mol. The van der Waals surface area contributed by atoms with Gasteiger partial charge < -0.3 is 20.2 Å². The molecule has 3 rings (SSSR count). The second-order valence-electron chi connectivity index (χ2n) is 6.86. The van der Waals surface area contributed by atoms with Crippen LogP contribution in [0.4, 0.5) is 14.9 Å². The largest absolute Gasteiger partial charge is 0.481 e. The maximum Gasteiger partial charge on any atom is 0.317 e. The maximum absolute atomic E-state index is 13.9. The van der Waals surface area contributed by atoms with Gasteiger partial charge in [-0.05, 0) is 37.3 Å². The second-order valence-corrected chi connectivity index (χ2v) is 6.86. The number of anilines is 1. The number of likely N-dealkylation sites (tertiary alicyclic amines) is 1. The molecular weight excluding hydrogens is 325 g/mol. The number of halogens is 1. The van der Waals surface area contributed by atoms with E-state index in [0.29, 0.717) is 31.7 Å². The zero-order chi connectivity index (χ0) is 17.8. The first kappa shape index (κ1) is 17.5. The summed E-state index contributed by atoms with van der Waals surface area (Å²) >= 11 is 0. The van der Waals surface area contributed by atoms with Crippen molar-refractivity contribution in [3.8, 4) is 0 Å². The number of piperidine rings is 1. The molecule has 2 atom stereocenters. The van der Waals surface area contributed by atoms with Gasteiger partial charge in [-0.25, -0.2) is 9.18 Å². The second kappa shape index (κ2) is 7.72. The lowest BCUT2D eigenvalue weighted by Gasteiger charge is -2.31. The fourth-order valence-corrected chi connectivity index (χ4v) is 3.63. The van der Waals surface area contributed by atoms with E-state index in [2.05, 4.69) is 5.32 Å². The van der Waals surface area contributed by atoms with Crippen LogP contribution in [0, 0.1) is 17.7 Å². The number of urea groups is 1. The van der Waals surface area contributed by atoms with Crippen LogP contribution < -0.4 is 10.2 Å². The Morgan fingerprint density at radius 1 is 1.20 bits per heavy atom. The van der Waals surface area contributed by atoms with Gasteiger partial charge in [-0.15, -0.1) is 0 Å². The first-order valence-corrected chi connectivity index (χ1v) is 8.79. The fraction of sp³-hybridized carbons (Fsp3) is 0.556. The molecule has 136 valence electrons. The molecule has 0 saturated carbocycles. The van der Waals surface area contributed by atoms with E-state index < -0.39 is 11.9 Å². The van der Waals surface area contributed by atoms with Crippen molar-refractivity contribution in [2.45, 2.75) is 19.3 Å². The standard InChI is InChI=1S/C18H24FN3O3/c19-15-5-1-2-6-16(15)21-9-7-13(11-21)10-20-18(25)22-8-3-4-14(12-22)17(23)24/h1-2,5-6,13-14H,3-4,7-12H2,(H,20,25)(H,23,24). The van der Waals surface area contributed by atoms with E-state index in [1.165, 1.54) is 6.07 Å². The van der Waals surface area contributed by atoms with Crippen LogP contribution in [0.1, 0.15) is 19.3 Å². The molecule has 0 aromatic heterocycles. The molecule has 2 N–H and O–H groups in total. The number of benzene rings is 1. The lowest BCUT2D eigenvalue weighted by Crippen LogP contribution is -2.48. The highest BCUT2D eigenvalue weighted by atomic mass is 19.1. The van der Waals surface area contributed by atoms with Crippen molar-refractivity contribution >= 4 is 17.7 Å². The van der Waals surface area contributed by atoms with E-state index in [4.69, 9.17) is 5.11 Å². The third-order valence-electron chi connectivity index (χ3n) is 5.08. The minimum atomic E-state index is -0.839. The minimum absolute atomic E-state index is 0.199. The summed E-state index contributed by atoms with van der Waals surface area (Å²) in [5, 5.41) is 12.0. The molecule has 2 amide bonds. The number of para-hydroxylation sites is 1. The lowest BCUT2D eigenvalue weighted by molar-refractivity contribution is -0.143. The molecule has 2 aliphatic rings. The number of nitrogens with zero attached hydrogens (tertiary/aromatic N) is 2. The van der Waals surface area contributed by atoms with Crippen LogP contribution >= 0.6 is 0 Å². The van der Waals surface area contributed by atoms with Crippen molar-refractivity contribution in [3.05, 3.63) is 30.1 Å². The average Bonchev–Trinajstić information content (AvgIpc) is 3.09. The Bertz CT molecular complexity index is 640. The molecule has 0 aliphatic carbocycles. The molecule has 0 radical (unpaired) electrons. The number of carbonyl (C=O) groups excluding carboxylic acids is 1. The number of carboxylic acid groups (broad SMARTS) is 1. The quantitative estimate of drug-likeness (QED) is 0.874. The topological polar surface area (TPSA) is 72.9 Å². The number of nitrogens with one attached hydrogen (secondary N) is 1. The number of carboxylic acids is 1. The smallest absolute Gasteiger partial charge is 0.317 e. The number of amides is 2. The third-order valence-corrected chi connectivity index (χ3v) is 5.08. The van der Waals surface area contributed by atoms with Crippen molar-refractivity contribution in [3.63, 3.8) is 0 Å². The Morgan fingerprint density at radius 3 is 2.76 bits per heavy atom. The number of carbonyl (C=O) groups is 2. The summed E-state index contributed by atoms with van der Waals surface area (Å²) in [6, 6.07) is 6.53. The average molecular weight is 349 g/mol. The molecule has 2 aliphatic heterocycles. The predicted molar refractivity (Wildman–Crippen MR) is 92.1 cm³/mol. The highest BCUT2D eigenvalue weighted by Crippen LogP contribution is 2.26. The van der Waals surface area contributed by atoms with Crippen molar-refractivity contribution < 1.29 is 19.1 Å². The summed E-state index contributed by atoms with van der Waals surface area (Å²) in [5.74, 6) is -1.26. The molecule has 2 heterocycles. The summed E-state index contributed by atoms with van der Waals surface area (Å²) < 4.78 is 13.9. The van der Waals surface area contributed by atoms with Crippen molar-refractivity contribution in [2.75, 3.05) is 37.6 Å². The van der Waals surface area contributed by atoms with Gasteiger partial charge in [0.05, 0.1) is 11.6 Å². The highest BCUT2D eigenvalue weighted by Gasteiger charge is 2.29. The van der Waals surface area contributed by atoms with Crippen LogP contribution in [-0.4, -0.2) is 54.7 Å². The Labute approximate surface area is 146 Å². The van der Waals surface area contributed by atoms with Gasteiger partial charge >= 0.3 is 12.0 Å². The van der Waals surface area contributed by atoms with Crippen LogP contribution in [-0.2, 0) is 4.79 Å². The Morgan fingerprint density at radius 2 is 2.00 bits per heavy atom. The van der Waals surface area contributed by atoms with Gasteiger partial charge in [0.25, 0.3) is 0 Å². The van der Waals surface area contributed by atoms with Gasteiger partial charge in [0.15, 0.2) is 0 Å². The number of rotatable bonds is 4. The summed E-state index contributed by atoms with van der Waals surface area (Å²) in [5.41, 5.74) is 0.608. The van der Waals surface area contributed by atoms with Gasteiger partial charge in [0.1, 0.15) is 5.82 Å². The van der Waals surface area contributed by atoms with E-state index in [9.17, 15) is 14.0 Å². The summed E-state index contributed by atoms with van der Waals surface area (Å²) in [4.78, 5) is 27.0. The van der Waals surface area contributed by atoms with E-state index >= 15 is 0 Å². The maximum atomic E-state index is 13.9. The molecular formula is C18H24FN3O3. The first-order valence-electron chi connectivity index (χ1n) is 8.79. The number of hydrogen-bond donors (Lipinski definition) is 2. The van der Waals surface area contributed by atoms with Crippen molar-refractivity contribution in [1.82, 2.24) is 10.2 Å². The van der Waals surface area contributed by atoms with Crippen LogP contribution in [0.2, 0.25) is 0 Å². The zero-order valence-corrected chi connectivity index (χ0v) is 14.2. The van der Waals surface area contributed by atoms with Crippen LogP contribution in [0.5, 0.6) is 0 Å². The molecule has 2 saturated heterocycles. The number of hydrogen-bond acceptors (Lipinski definition) is 3. The molecule has 2 unspecified atom stereocenters. The van der Waals surface area contributed by atoms with Gasteiger partial charge in [-0.3, -0.25) is 4.79 Å². The highest BCUT2D eigenvalue weighted by molar-refractivity contribution is 5.76. The van der Waals surface area contributed by atoms with Gasteiger partial charge in [0, 0.05) is 32.7 Å². The SMILES string of the molecule is O=C(O)C1CCCN(C(=O)NCC2CCN(c3ccccc3F)C2)C1. The molecule has 1 aromatic rings. The molecule has 2 fully saturated rings. The van der Waals surface area contributed by atoms with Crippen LogP contribution in [0.15, 0.2) is 24.3 Å². The van der Waals surface area contributed by atoms with E-state index in [-0.39, 0.29) is 24.3 Å². The predicted octanol–water partition coefficient (Wildman–Crippen LogP) is 2.16. The minimum Gasteiger partial charge on any atom is -0.481 e. The molecule has 0 spiro atoms.